The first-order valence-electron chi connectivity index (χ1n) is 7.39. The summed E-state index contributed by atoms with van der Waals surface area (Å²) in [6.07, 6.45) is 1.73. The molecule has 0 aliphatic heterocycles. The molecule has 0 saturated heterocycles. The predicted octanol–water partition coefficient (Wildman–Crippen LogP) is 3.56. The first-order chi connectivity index (χ1) is 11.8. The topological polar surface area (TPSA) is 85.4 Å². The smallest absolute Gasteiger partial charge is 0.246 e. The lowest BCUT2D eigenvalue weighted by Gasteiger charge is -2.11. The van der Waals surface area contributed by atoms with E-state index < -0.39 is 0 Å². The van der Waals surface area contributed by atoms with Crippen molar-refractivity contribution in [2.24, 2.45) is 4.99 Å². The van der Waals surface area contributed by atoms with Gasteiger partial charge in [-0.2, -0.15) is 9.97 Å². The number of hydrogen-bond donors (Lipinski definition) is 2. The molecule has 2 aromatic carbocycles. The van der Waals surface area contributed by atoms with Crippen LogP contribution in [0.2, 0.25) is 0 Å². The van der Waals surface area contributed by atoms with E-state index in [2.05, 4.69) is 20.3 Å². The molecule has 0 radical (unpaired) electrons. The number of anilines is 3. The Bertz CT molecular complexity index is 835. The Morgan fingerprint density at radius 1 is 1.00 bits per heavy atom. The first-order valence-corrected chi connectivity index (χ1v) is 7.39. The summed E-state index contributed by atoms with van der Waals surface area (Å²) in [6, 6.07) is 19.4. The molecule has 1 aromatic heterocycles. The summed E-state index contributed by atoms with van der Waals surface area (Å²) in [5.74, 6) is 0.912. The number of nitrogen functional groups attached to an aromatic ring is 1. The highest BCUT2D eigenvalue weighted by Crippen LogP contribution is 2.34. The number of methoxy groups -OCH3 is 1. The molecule has 0 aliphatic rings. The molecule has 6 heteroatoms. The van der Waals surface area contributed by atoms with Crippen LogP contribution in [0.4, 0.5) is 23.1 Å². The standard InChI is InChI=1S/C18H17N5O/c1-24-17-15(20-12-13-8-4-2-5-9-13)16(22-18(19)23-17)21-14-10-6-3-7-11-14/h2-12H,1H3,(H3,19,21,22,23). The Morgan fingerprint density at radius 2 is 1.67 bits per heavy atom. The molecule has 3 N–H and O–H groups in total. The molecular formula is C18H17N5O. The van der Waals surface area contributed by atoms with Crippen molar-refractivity contribution < 1.29 is 4.74 Å². The van der Waals surface area contributed by atoms with Gasteiger partial charge in [-0.1, -0.05) is 48.5 Å². The van der Waals surface area contributed by atoms with Crippen LogP contribution in [0.25, 0.3) is 0 Å². The molecular weight excluding hydrogens is 302 g/mol. The van der Waals surface area contributed by atoms with E-state index in [1.165, 1.54) is 7.11 Å². The lowest BCUT2D eigenvalue weighted by molar-refractivity contribution is 0.399. The zero-order valence-electron chi connectivity index (χ0n) is 13.2. The number of para-hydroxylation sites is 1. The van der Waals surface area contributed by atoms with Crippen LogP contribution in [-0.4, -0.2) is 23.3 Å². The summed E-state index contributed by atoms with van der Waals surface area (Å²) in [5, 5.41) is 3.20. The maximum atomic E-state index is 5.77. The molecule has 0 saturated carbocycles. The molecule has 1 heterocycles. The molecule has 0 bridgehead atoms. The van der Waals surface area contributed by atoms with Crippen LogP contribution in [-0.2, 0) is 0 Å². The zero-order chi connectivity index (χ0) is 16.8. The second-order valence-electron chi connectivity index (χ2n) is 4.95. The maximum absolute atomic E-state index is 5.77. The van der Waals surface area contributed by atoms with Crippen LogP contribution < -0.4 is 15.8 Å². The lowest BCUT2D eigenvalue weighted by atomic mass is 10.2. The third kappa shape index (κ3) is 3.67. The fourth-order valence-electron chi connectivity index (χ4n) is 2.13. The summed E-state index contributed by atoms with van der Waals surface area (Å²) in [6.45, 7) is 0. The average molecular weight is 319 g/mol. The number of nitrogens with one attached hydrogen (secondary N) is 1. The Morgan fingerprint density at radius 3 is 2.33 bits per heavy atom. The number of aromatic nitrogens is 2. The van der Waals surface area contributed by atoms with Crippen LogP contribution in [0.1, 0.15) is 5.56 Å². The molecule has 0 fully saturated rings. The monoisotopic (exact) mass is 319 g/mol. The van der Waals surface area contributed by atoms with Gasteiger partial charge in [-0.3, -0.25) is 0 Å². The number of rotatable bonds is 5. The maximum Gasteiger partial charge on any atom is 0.246 e. The van der Waals surface area contributed by atoms with E-state index in [0.29, 0.717) is 17.4 Å². The van der Waals surface area contributed by atoms with Crippen molar-refractivity contribution in [1.82, 2.24) is 9.97 Å². The van der Waals surface area contributed by atoms with Crippen LogP contribution >= 0.6 is 0 Å². The second kappa shape index (κ2) is 7.23. The van der Waals surface area contributed by atoms with Crippen LogP contribution in [0, 0.1) is 0 Å². The van der Waals surface area contributed by atoms with E-state index >= 15 is 0 Å². The van der Waals surface area contributed by atoms with Gasteiger partial charge in [0.1, 0.15) is 0 Å². The van der Waals surface area contributed by atoms with Gasteiger partial charge in [0.15, 0.2) is 11.5 Å². The van der Waals surface area contributed by atoms with Gasteiger partial charge in [0.05, 0.1) is 7.11 Å². The normalized spacial score (nSPS) is 10.7. The van der Waals surface area contributed by atoms with Crippen LogP contribution in [0.3, 0.4) is 0 Å². The van der Waals surface area contributed by atoms with E-state index in [-0.39, 0.29) is 5.95 Å². The third-order valence-corrected chi connectivity index (χ3v) is 3.24. The Balaban J connectivity index is 2.00. The van der Waals surface area contributed by atoms with Gasteiger partial charge in [-0.25, -0.2) is 4.99 Å². The average Bonchev–Trinajstić information content (AvgIpc) is 2.62. The Hall–Kier alpha value is -3.41. The van der Waals surface area contributed by atoms with Gasteiger partial charge in [-0.15, -0.1) is 0 Å². The van der Waals surface area contributed by atoms with E-state index in [4.69, 9.17) is 10.5 Å². The molecule has 3 aromatic rings. The van der Waals surface area contributed by atoms with Gasteiger partial charge in [0.2, 0.25) is 11.8 Å². The summed E-state index contributed by atoms with van der Waals surface area (Å²) in [7, 11) is 1.52. The predicted molar refractivity (Wildman–Crippen MR) is 96.4 cm³/mol. The molecule has 24 heavy (non-hydrogen) atoms. The molecule has 3 rings (SSSR count). The summed E-state index contributed by atoms with van der Waals surface area (Å²) < 4.78 is 5.31. The van der Waals surface area contributed by atoms with Gasteiger partial charge >= 0.3 is 0 Å². The molecule has 0 spiro atoms. The van der Waals surface area contributed by atoms with Crippen LogP contribution in [0.5, 0.6) is 5.88 Å². The highest BCUT2D eigenvalue weighted by atomic mass is 16.5. The van der Waals surface area contributed by atoms with Crippen molar-refractivity contribution in [1.29, 1.82) is 0 Å². The fraction of sp³-hybridized carbons (Fsp3) is 0.0556. The van der Waals surface area contributed by atoms with E-state index in [0.717, 1.165) is 11.3 Å². The van der Waals surface area contributed by atoms with Crippen LogP contribution in [0.15, 0.2) is 65.7 Å². The third-order valence-electron chi connectivity index (χ3n) is 3.24. The highest BCUT2D eigenvalue weighted by Gasteiger charge is 2.13. The zero-order valence-corrected chi connectivity index (χ0v) is 13.2. The first kappa shape index (κ1) is 15.5. The minimum atomic E-state index is 0.115. The van der Waals surface area contributed by atoms with E-state index in [1.807, 2.05) is 60.7 Å². The quantitative estimate of drug-likeness (QED) is 0.702. The van der Waals surface area contributed by atoms with Crippen molar-refractivity contribution >= 4 is 29.4 Å². The largest absolute Gasteiger partial charge is 0.479 e. The fourth-order valence-corrected chi connectivity index (χ4v) is 2.13. The summed E-state index contributed by atoms with van der Waals surface area (Å²) in [4.78, 5) is 12.8. The van der Waals surface area contributed by atoms with E-state index in [1.54, 1.807) is 6.21 Å². The van der Waals surface area contributed by atoms with Gasteiger partial charge < -0.3 is 15.8 Å². The number of nitrogens with two attached hydrogens (primary N) is 1. The minimum Gasteiger partial charge on any atom is -0.479 e. The summed E-state index contributed by atoms with van der Waals surface area (Å²) in [5.41, 5.74) is 8.09. The minimum absolute atomic E-state index is 0.115. The number of nitrogens with zero attached hydrogens (tertiary/aromatic N) is 3. The van der Waals surface area contributed by atoms with Crippen molar-refractivity contribution in [2.75, 3.05) is 18.2 Å². The SMILES string of the molecule is COc1nc(N)nc(Nc2ccccc2)c1N=Cc1ccccc1. The molecule has 6 nitrogen and oxygen atoms in total. The molecule has 120 valence electrons. The molecule has 0 unspecified atom stereocenters. The summed E-state index contributed by atoms with van der Waals surface area (Å²) >= 11 is 0. The number of ether oxygens (including phenoxy) is 1. The lowest BCUT2D eigenvalue weighted by Crippen LogP contribution is -2.03. The molecule has 0 aliphatic carbocycles. The Labute approximate surface area is 140 Å². The Kier molecular flexibility index (Phi) is 4.67. The van der Waals surface area contributed by atoms with E-state index in [9.17, 15) is 0 Å². The van der Waals surface area contributed by atoms with Crippen molar-refractivity contribution in [3.05, 3.63) is 66.2 Å². The van der Waals surface area contributed by atoms with Crippen molar-refractivity contribution in [3.8, 4) is 5.88 Å². The molecule has 0 amide bonds. The van der Waals surface area contributed by atoms with Gasteiger partial charge in [0, 0.05) is 11.9 Å². The number of benzene rings is 2. The number of aliphatic imine (C=N–C) groups is 1. The number of hydrogen-bond acceptors (Lipinski definition) is 6. The highest BCUT2D eigenvalue weighted by molar-refractivity contribution is 5.85. The van der Waals surface area contributed by atoms with Crippen molar-refractivity contribution in [3.63, 3.8) is 0 Å². The van der Waals surface area contributed by atoms with Crippen molar-refractivity contribution in [2.45, 2.75) is 0 Å². The van der Waals surface area contributed by atoms with Gasteiger partial charge in [0.25, 0.3) is 0 Å². The second-order valence-corrected chi connectivity index (χ2v) is 4.95. The van der Waals surface area contributed by atoms with Gasteiger partial charge in [-0.05, 0) is 17.7 Å². The molecule has 0 atom stereocenters.